The molecule has 0 unspecified atom stereocenters. The zero-order chi connectivity index (χ0) is 13.1. The van der Waals surface area contributed by atoms with Gasteiger partial charge in [0.1, 0.15) is 0 Å². The minimum Gasteiger partial charge on any atom is -0.381 e. The summed E-state index contributed by atoms with van der Waals surface area (Å²) in [5.74, 6) is 0. The first-order valence-corrected chi connectivity index (χ1v) is 6.56. The van der Waals surface area contributed by atoms with Gasteiger partial charge in [-0.1, -0.05) is 34.8 Å². The Kier molecular flexibility index (Phi) is 5.39. The molecule has 0 heterocycles. The van der Waals surface area contributed by atoms with Crippen LogP contribution >= 0.6 is 34.8 Å². The zero-order valence-electron chi connectivity index (χ0n) is 10.2. The number of rotatable bonds is 4. The van der Waals surface area contributed by atoms with Crippen LogP contribution in [0, 0.1) is 0 Å². The molecule has 0 aliphatic carbocycles. The minimum atomic E-state index is 0.106. The molecular weight excluding hydrogens is 279 g/mol. The highest BCUT2D eigenvalue weighted by Crippen LogP contribution is 2.33. The summed E-state index contributed by atoms with van der Waals surface area (Å²) in [7, 11) is 0. The fraction of sp³-hybridized carbons (Fsp3) is 0.500. The van der Waals surface area contributed by atoms with E-state index in [4.69, 9.17) is 34.8 Å². The molecule has 0 aliphatic rings. The Morgan fingerprint density at radius 3 is 2.00 bits per heavy atom. The summed E-state index contributed by atoms with van der Waals surface area (Å²) in [6.07, 6.45) is 0. The van der Waals surface area contributed by atoms with Crippen molar-refractivity contribution in [2.45, 2.75) is 26.3 Å². The van der Waals surface area contributed by atoms with Crippen molar-refractivity contribution in [3.05, 3.63) is 27.2 Å². The van der Waals surface area contributed by atoms with Crippen LogP contribution in [0.3, 0.4) is 0 Å². The lowest BCUT2D eigenvalue weighted by atomic mass is 10.1. The van der Waals surface area contributed by atoms with Gasteiger partial charge in [-0.05, 0) is 32.9 Å². The molecule has 0 bridgehead atoms. The first-order chi connectivity index (χ1) is 7.79. The molecule has 0 aromatic heterocycles. The maximum atomic E-state index is 6.05. The highest BCUT2D eigenvalue weighted by molar-refractivity contribution is 6.41. The Bertz CT molecular complexity index is 363. The first-order valence-electron chi connectivity index (χ1n) is 5.43. The van der Waals surface area contributed by atoms with Crippen molar-refractivity contribution in [2.75, 3.05) is 18.4 Å². The topological polar surface area (TPSA) is 24.1 Å². The monoisotopic (exact) mass is 294 g/mol. The van der Waals surface area contributed by atoms with Gasteiger partial charge in [-0.25, -0.2) is 0 Å². The summed E-state index contributed by atoms with van der Waals surface area (Å²) in [5.41, 5.74) is 0.836. The van der Waals surface area contributed by atoms with E-state index in [1.54, 1.807) is 12.1 Å². The minimum absolute atomic E-state index is 0.106. The van der Waals surface area contributed by atoms with Gasteiger partial charge in [-0.3, -0.25) is 0 Å². The standard InChI is InChI=1S/C12H17Cl3N2/c1-12(2,3)17-5-4-16-11-9(14)6-8(13)7-10(11)15/h6-7,16-17H,4-5H2,1-3H3. The molecule has 2 nitrogen and oxygen atoms in total. The summed E-state index contributed by atoms with van der Waals surface area (Å²) in [5, 5.41) is 8.18. The number of anilines is 1. The Balaban J connectivity index is 2.53. The van der Waals surface area contributed by atoms with Crippen molar-refractivity contribution in [3.63, 3.8) is 0 Å². The van der Waals surface area contributed by atoms with Gasteiger partial charge in [0.15, 0.2) is 0 Å². The van der Waals surface area contributed by atoms with E-state index in [0.29, 0.717) is 15.1 Å². The van der Waals surface area contributed by atoms with E-state index in [0.717, 1.165) is 18.8 Å². The van der Waals surface area contributed by atoms with Crippen molar-refractivity contribution in [3.8, 4) is 0 Å². The van der Waals surface area contributed by atoms with Crippen LogP contribution in [-0.2, 0) is 0 Å². The number of nitrogens with one attached hydrogen (secondary N) is 2. The van der Waals surface area contributed by atoms with Crippen LogP contribution in [-0.4, -0.2) is 18.6 Å². The number of hydrogen-bond acceptors (Lipinski definition) is 2. The third kappa shape index (κ3) is 5.35. The summed E-state index contributed by atoms with van der Waals surface area (Å²) in [4.78, 5) is 0. The lowest BCUT2D eigenvalue weighted by Crippen LogP contribution is -2.38. The van der Waals surface area contributed by atoms with Gasteiger partial charge in [0.2, 0.25) is 0 Å². The van der Waals surface area contributed by atoms with Crippen LogP contribution in [0.4, 0.5) is 5.69 Å². The van der Waals surface area contributed by atoms with E-state index in [9.17, 15) is 0 Å². The molecule has 0 spiro atoms. The zero-order valence-corrected chi connectivity index (χ0v) is 12.5. The molecule has 96 valence electrons. The van der Waals surface area contributed by atoms with Crippen LogP contribution < -0.4 is 10.6 Å². The lowest BCUT2D eigenvalue weighted by molar-refractivity contribution is 0.435. The summed E-state index contributed by atoms with van der Waals surface area (Å²) in [6, 6.07) is 3.35. The summed E-state index contributed by atoms with van der Waals surface area (Å²) >= 11 is 17.9. The number of benzene rings is 1. The molecule has 0 atom stereocenters. The van der Waals surface area contributed by atoms with Crippen LogP contribution in [0.25, 0.3) is 0 Å². The van der Waals surface area contributed by atoms with Gasteiger partial charge in [0.25, 0.3) is 0 Å². The van der Waals surface area contributed by atoms with Gasteiger partial charge < -0.3 is 10.6 Å². The third-order valence-corrected chi connectivity index (χ3v) is 2.90. The molecule has 1 aromatic rings. The molecule has 1 rings (SSSR count). The highest BCUT2D eigenvalue weighted by Gasteiger charge is 2.09. The molecule has 0 saturated carbocycles. The van der Waals surface area contributed by atoms with E-state index >= 15 is 0 Å². The van der Waals surface area contributed by atoms with Gasteiger partial charge in [-0.2, -0.15) is 0 Å². The molecule has 0 radical (unpaired) electrons. The van der Waals surface area contributed by atoms with Gasteiger partial charge in [0, 0.05) is 23.7 Å². The van der Waals surface area contributed by atoms with Crippen molar-refractivity contribution >= 4 is 40.5 Å². The second kappa shape index (κ2) is 6.14. The molecule has 0 fully saturated rings. The quantitative estimate of drug-likeness (QED) is 0.802. The second-order valence-electron chi connectivity index (χ2n) is 4.85. The predicted octanol–water partition coefficient (Wildman–Crippen LogP) is 4.45. The number of halogens is 3. The number of hydrogen-bond donors (Lipinski definition) is 2. The average Bonchev–Trinajstić information content (AvgIpc) is 2.13. The maximum Gasteiger partial charge on any atom is 0.0720 e. The SMILES string of the molecule is CC(C)(C)NCCNc1c(Cl)cc(Cl)cc1Cl. The van der Waals surface area contributed by atoms with E-state index in [1.165, 1.54) is 0 Å². The van der Waals surface area contributed by atoms with Crippen LogP contribution in [0.1, 0.15) is 20.8 Å². The van der Waals surface area contributed by atoms with E-state index < -0.39 is 0 Å². The van der Waals surface area contributed by atoms with E-state index in [-0.39, 0.29) is 5.54 Å². The third-order valence-electron chi connectivity index (χ3n) is 2.09. The molecule has 1 aromatic carbocycles. The average molecular weight is 296 g/mol. The largest absolute Gasteiger partial charge is 0.381 e. The Hall–Kier alpha value is -0.150. The molecule has 0 aliphatic heterocycles. The molecule has 17 heavy (non-hydrogen) atoms. The Morgan fingerprint density at radius 2 is 1.53 bits per heavy atom. The predicted molar refractivity (Wildman–Crippen MR) is 77.7 cm³/mol. The van der Waals surface area contributed by atoms with E-state index in [2.05, 4.69) is 31.4 Å². The normalized spacial score (nSPS) is 11.6. The maximum absolute atomic E-state index is 6.05. The smallest absolute Gasteiger partial charge is 0.0720 e. The van der Waals surface area contributed by atoms with E-state index in [1.807, 2.05) is 0 Å². The molecule has 0 saturated heterocycles. The van der Waals surface area contributed by atoms with Crippen LogP contribution in [0.5, 0.6) is 0 Å². The molecule has 2 N–H and O–H groups in total. The fourth-order valence-electron chi connectivity index (χ4n) is 1.34. The lowest BCUT2D eigenvalue weighted by Gasteiger charge is -2.21. The fourth-order valence-corrected chi connectivity index (χ4v) is 2.29. The van der Waals surface area contributed by atoms with Crippen LogP contribution in [0.15, 0.2) is 12.1 Å². The summed E-state index contributed by atoms with van der Waals surface area (Å²) < 4.78 is 0. The molecular formula is C12H17Cl3N2. The van der Waals surface area contributed by atoms with Crippen molar-refractivity contribution in [2.24, 2.45) is 0 Å². The summed E-state index contributed by atoms with van der Waals surface area (Å²) in [6.45, 7) is 7.94. The molecule has 5 heteroatoms. The van der Waals surface area contributed by atoms with Gasteiger partial charge in [0.05, 0.1) is 15.7 Å². The molecule has 0 amide bonds. The Morgan fingerprint density at radius 1 is 1.00 bits per heavy atom. The first kappa shape index (κ1) is 14.9. The van der Waals surface area contributed by atoms with Gasteiger partial charge in [-0.15, -0.1) is 0 Å². The highest BCUT2D eigenvalue weighted by atomic mass is 35.5. The Labute approximate surface area is 118 Å². The van der Waals surface area contributed by atoms with Crippen molar-refractivity contribution in [1.29, 1.82) is 0 Å². The van der Waals surface area contributed by atoms with Crippen molar-refractivity contribution < 1.29 is 0 Å². The van der Waals surface area contributed by atoms with Gasteiger partial charge >= 0.3 is 0 Å². The second-order valence-corrected chi connectivity index (χ2v) is 6.10. The van der Waals surface area contributed by atoms with Crippen molar-refractivity contribution in [1.82, 2.24) is 5.32 Å². The van der Waals surface area contributed by atoms with Crippen LogP contribution in [0.2, 0.25) is 15.1 Å².